The van der Waals surface area contributed by atoms with Gasteiger partial charge in [-0.1, -0.05) is 11.6 Å². The molecule has 1 aromatic carbocycles. The smallest absolute Gasteiger partial charge is 0.339 e. The number of hydrogen-bond acceptors (Lipinski definition) is 6. The zero-order valence-corrected chi connectivity index (χ0v) is 17.3. The predicted octanol–water partition coefficient (Wildman–Crippen LogP) is 3.93. The average Bonchev–Trinajstić information content (AvgIpc) is 2.94. The molecule has 0 bridgehead atoms. The molecule has 0 saturated heterocycles. The van der Waals surface area contributed by atoms with Gasteiger partial charge in [0.05, 0.1) is 30.5 Å². The lowest BCUT2D eigenvalue weighted by atomic mass is 10.0. The number of benzene rings is 1. The Kier molecular flexibility index (Phi) is 6.51. The van der Waals surface area contributed by atoms with Gasteiger partial charge in [0, 0.05) is 11.3 Å². The normalized spacial score (nSPS) is 11.7. The minimum Gasteiger partial charge on any atom is -0.493 e. The lowest BCUT2D eigenvalue weighted by Gasteiger charge is -2.14. The quantitative estimate of drug-likeness (QED) is 0.552. The molecule has 1 N–H and O–H groups in total. The van der Waals surface area contributed by atoms with E-state index in [4.69, 9.17) is 25.8 Å². The molecule has 0 unspecified atom stereocenters. The molecule has 0 saturated carbocycles. The predicted molar refractivity (Wildman–Crippen MR) is 104 cm³/mol. The summed E-state index contributed by atoms with van der Waals surface area (Å²) in [5.74, 6) is -0.763. The van der Waals surface area contributed by atoms with Crippen molar-refractivity contribution in [2.24, 2.45) is 0 Å². The van der Waals surface area contributed by atoms with Gasteiger partial charge in [0.25, 0.3) is 0 Å². The number of ketones is 2. The van der Waals surface area contributed by atoms with Gasteiger partial charge in [-0.05, 0) is 45.4 Å². The van der Waals surface area contributed by atoms with Gasteiger partial charge in [-0.15, -0.1) is 0 Å². The summed E-state index contributed by atoms with van der Waals surface area (Å²) in [4.78, 5) is 39.9. The molecule has 0 radical (unpaired) electrons. The minimum atomic E-state index is -1.07. The van der Waals surface area contributed by atoms with Crippen LogP contribution in [-0.4, -0.2) is 42.8 Å². The molecule has 0 aliphatic carbocycles. The molecule has 8 heteroatoms. The highest BCUT2D eigenvalue weighted by atomic mass is 35.5. The molecule has 150 valence electrons. The van der Waals surface area contributed by atoms with E-state index in [-0.39, 0.29) is 27.8 Å². The van der Waals surface area contributed by atoms with E-state index in [0.717, 1.165) is 0 Å². The number of aryl methyl sites for hydroxylation is 1. The van der Waals surface area contributed by atoms with Crippen LogP contribution < -0.4 is 9.47 Å². The van der Waals surface area contributed by atoms with E-state index in [9.17, 15) is 14.4 Å². The van der Waals surface area contributed by atoms with Crippen molar-refractivity contribution in [3.63, 3.8) is 0 Å². The third kappa shape index (κ3) is 4.04. The number of esters is 1. The Labute approximate surface area is 167 Å². The third-order valence-electron chi connectivity index (χ3n) is 4.36. The van der Waals surface area contributed by atoms with Crippen LogP contribution in [0.5, 0.6) is 11.5 Å². The van der Waals surface area contributed by atoms with Gasteiger partial charge in [-0.25, -0.2) is 4.79 Å². The number of halogens is 1. The van der Waals surface area contributed by atoms with Crippen molar-refractivity contribution >= 4 is 29.1 Å². The van der Waals surface area contributed by atoms with Gasteiger partial charge in [-0.2, -0.15) is 0 Å². The summed E-state index contributed by atoms with van der Waals surface area (Å²) in [6, 6.07) is 2.79. The molecule has 28 heavy (non-hydrogen) atoms. The molecule has 2 rings (SSSR count). The molecular weight excluding hydrogens is 386 g/mol. The maximum absolute atomic E-state index is 12.7. The van der Waals surface area contributed by atoms with E-state index < -0.39 is 17.9 Å². The topological polar surface area (TPSA) is 94.7 Å². The molecule has 0 fully saturated rings. The molecule has 1 aromatic heterocycles. The van der Waals surface area contributed by atoms with Gasteiger partial charge in [-0.3, -0.25) is 9.59 Å². The molecule has 0 aliphatic rings. The van der Waals surface area contributed by atoms with Gasteiger partial charge < -0.3 is 19.2 Å². The van der Waals surface area contributed by atoms with Crippen molar-refractivity contribution in [1.82, 2.24) is 4.98 Å². The van der Waals surface area contributed by atoms with Crippen LogP contribution in [-0.2, 0) is 4.74 Å². The Hall–Kier alpha value is -2.80. The molecule has 2 aromatic rings. The fourth-order valence-electron chi connectivity index (χ4n) is 3.05. The van der Waals surface area contributed by atoms with Gasteiger partial charge in [0.15, 0.2) is 23.4 Å². The van der Waals surface area contributed by atoms with Gasteiger partial charge in [0.2, 0.25) is 5.78 Å². The monoisotopic (exact) mass is 407 g/mol. The maximum atomic E-state index is 12.7. The summed E-state index contributed by atoms with van der Waals surface area (Å²) in [7, 11) is 2.84. The lowest BCUT2D eigenvalue weighted by molar-refractivity contribution is 0.0316. The number of Topliss-reactive ketones (excluding diaryl/α,β-unsaturated/α-hetero) is 2. The SMILES string of the molecule is COc1cc(C(=O)O[C@H](C)C(=O)c2[nH]c(C)c(C(C)=O)c2C)cc(Cl)c1OC. The first-order chi connectivity index (χ1) is 13.1. The van der Waals surface area contributed by atoms with E-state index in [1.54, 1.807) is 13.8 Å². The Bertz CT molecular complexity index is 947. The van der Waals surface area contributed by atoms with Crippen molar-refractivity contribution in [3.05, 3.63) is 45.2 Å². The molecular formula is C20H22ClNO6. The van der Waals surface area contributed by atoms with Crippen molar-refractivity contribution in [3.8, 4) is 11.5 Å². The fraction of sp³-hybridized carbons (Fsp3) is 0.350. The number of aromatic amines is 1. The highest BCUT2D eigenvalue weighted by Crippen LogP contribution is 2.36. The van der Waals surface area contributed by atoms with Crippen molar-refractivity contribution in [2.75, 3.05) is 14.2 Å². The number of ether oxygens (including phenoxy) is 3. The Balaban J connectivity index is 2.26. The zero-order valence-electron chi connectivity index (χ0n) is 16.6. The van der Waals surface area contributed by atoms with Crippen LogP contribution in [0.2, 0.25) is 5.02 Å². The second kappa shape index (κ2) is 8.48. The number of nitrogens with one attached hydrogen (secondary N) is 1. The fourth-order valence-corrected chi connectivity index (χ4v) is 3.33. The maximum Gasteiger partial charge on any atom is 0.339 e. The third-order valence-corrected chi connectivity index (χ3v) is 4.64. The highest BCUT2D eigenvalue weighted by Gasteiger charge is 2.27. The summed E-state index contributed by atoms with van der Waals surface area (Å²) < 4.78 is 15.6. The first kappa shape index (κ1) is 21.5. The number of carbonyl (C=O) groups is 3. The van der Waals surface area contributed by atoms with E-state index in [0.29, 0.717) is 22.6 Å². The number of rotatable bonds is 7. The van der Waals surface area contributed by atoms with Gasteiger partial charge in [0.1, 0.15) is 0 Å². The molecule has 0 aliphatic heterocycles. The van der Waals surface area contributed by atoms with Crippen LogP contribution in [0.3, 0.4) is 0 Å². The van der Waals surface area contributed by atoms with E-state index in [1.165, 1.54) is 40.2 Å². The van der Waals surface area contributed by atoms with Gasteiger partial charge >= 0.3 is 5.97 Å². The van der Waals surface area contributed by atoms with E-state index in [1.807, 2.05) is 0 Å². The molecule has 7 nitrogen and oxygen atoms in total. The summed E-state index contributed by atoms with van der Waals surface area (Å²) >= 11 is 6.11. The Morgan fingerprint density at radius 3 is 2.25 bits per heavy atom. The van der Waals surface area contributed by atoms with Crippen molar-refractivity contribution in [2.45, 2.75) is 33.8 Å². The molecule has 1 heterocycles. The minimum absolute atomic E-state index is 0.117. The summed E-state index contributed by atoms with van der Waals surface area (Å²) in [6.45, 7) is 6.28. The molecule has 0 spiro atoms. The van der Waals surface area contributed by atoms with Crippen LogP contribution in [0.25, 0.3) is 0 Å². The zero-order chi connectivity index (χ0) is 21.2. The summed E-state index contributed by atoms with van der Waals surface area (Å²) in [5.41, 5.74) is 1.96. The second-order valence-electron chi connectivity index (χ2n) is 6.29. The largest absolute Gasteiger partial charge is 0.493 e. The van der Waals surface area contributed by atoms with Crippen LogP contribution in [0.1, 0.15) is 56.3 Å². The van der Waals surface area contributed by atoms with Crippen molar-refractivity contribution in [1.29, 1.82) is 0 Å². The van der Waals surface area contributed by atoms with Crippen molar-refractivity contribution < 1.29 is 28.6 Å². The standard InChI is InChI=1S/C20H22ClNO6/c1-9-16(11(3)23)10(2)22-17(9)18(24)12(4)28-20(25)13-7-14(21)19(27-6)15(8-13)26-5/h7-8,12,22H,1-6H3/t12-/m1/s1. The second-order valence-corrected chi connectivity index (χ2v) is 6.69. The Morgan fingerprint density at radius 2 is 1.75 bits per heavy atom. The number of H-pyrrole nitrogens is 1. The number of hydrogen-bond donors (Lipinski definition) is 1. The molecule has 1 atom stereocenters. The number of carbonyl (C=O) groups excluding carboxylic acids is 3. The average molecular weight is 408 g/mol. The van der Waals surface area contributed by atoms with Crippen LogP contribution in [0, 0.1) is 13.8 Å². The van der Waals surface area contributed by atoms with Crippen LogP contribution in [0.4, 0.5) is 0 Å². The molecule has 0 amide bonds. The van der Waals surface area contributed by atoms with E-state index in [2.05, 4.69) is 4.98 Å². The highest BCUT2D eigenvalue weighted by molar-refractivity contribution is 6.32. The van der Waals surface area contributed by atoms with Crippen LogP contribution >= 0.6 is 11.6 Å². The number of methoxy groups -OCH3 is 2. The summed E-state index contributed by atoms with van der Waals surface area (Å²) in [5, 5.41) is 0.176. The first-order valence-electron chi connectivity index (χ1n) is 8.49. The first-order valence-corrected chi connectivity index (χ1v) is 8.86. The summed E-state index contributed by atoms with van der Waals surface area (Å²) in [6.07, 6.45) is -1.07. The van der Waals surface area contributed by atoms with Crippen LogP contribution in [0.15, 0.2) is 12.1 Å². The van der Waals surface area contributed by atoms with E-state index >= 15 is 0 Å². The number of aromatic nitrogens is 1. The Morgan fingerprint density at radius 1 is 1.11 bits per heavy atom. The lowest BCUT2D eigenvalue weighted by Crippen LogP contribution is -2.25.